The lowest BCUT2D eigenvalue weighted by molar-refractivity contribution is 0.0985. The number of aryl methyl sites for hydroxylation is 2. The molecule has 0 amide bonds. The molecule has 0 aliphatic carbocycles. The fourth-order valence-electron chi connectivity index (χ4n) is 2.66. The van der Waals surface area contributed by atoms with E-state index in [1.807, 2.05) is 24.6 Å². The van der Waals surface area contributed by atoms with Gasteiger partial charge in [-0.15, -0.1) is 0 Å². The Morgan fingerprint density at radius 1 is 1.38 bits per heavy atom. The fourth-order valence-corrected chi connectivity index (χ4v) is 2.83. The van der Waals surface area contributed by atoms with Crippen molar-refractivity contribution < 1.29 is 4.74 Å². The number of aromatic nitrogens is 4. The lowest BCUT2D eigenvalue weighted by Gasteiger charge is -2.34. The van der Waals surface area contributed by atoms with Gasteiger partial charge in [0.1, 0.15) is 5.82 Å². The van der Waals surface area contributed by atoms with E-state index in [0.29, 0.717) is 13.2 Å². The van der Waals surface area contributed by atoms with Gasteiger partial charge in [-0.05, 0) is 25.4 Å². The highest BCUT2D eigenvalue weighted by Crippen LogP contribution is 2.26. The normalized spacial score (nSPS) is 19.0. The van der Waals surface area contributed by atoms with Gasteiger partial charge in [0.2, 0.25) is 5.28 Å². The summed E-state index contributed by atoms with van der Waals surface area (Å²) >= 11 is 6.13. The standard InChI is InChI=1S/C14H18ClN5O/c1-9-7-21-5-4-20(9)12-6-11(17-14(15)18-12)13-10(2)16-8-19(13)3/h6,8-9H,4-5,7H2,1-3H3/t9-/m1/s1. The molecule has 2 aromatic rings. The van der Waals surface area contributed by atoms with Crippen LogP contribution in [-0.2, 0) is 11.8 Å². The van der Waals surface area contributed by atoms with E-state index < -0.39 is 0 Å². The first-order chi connectivity index (χ1) is 10.1. The van der Waals surface area contributed by atoms with Crippen LogP contribution in [0.5, 0.6) is 0 Å². The summed E-state index contributed by atoms with van der Waals surface area (Å²) in [5.41, 5.74) is 2.68. The molecule has 0 aromatic carbocycles. The van der Waals surface area contributed by atoms with Crippen LogP contribution in [0.1, 0.15) is 12.6 Å². The van der Waals surface area contributed by atoms with E-state index in [4.69, 9.17) is 16.3 Å². The Kier molecular flexibility index (Phi) is 3.82. The molecule has 6 nitrogen and oxygen atoms in total. The molecule has 0 unspecified atom stereocenters. The number of ether oxygens (including phenoxy) is 1. The average molecular weight is 308 g/mol. The van der Waals surface area contributed by atoms with Crippen molar-refractivity contribution in [1.29, 1.82) is 0 Å². The first-order valence-corrected chi connectivity index (χ1v) is 7.31. The predicted molar refractivity (Wildman–Crippen MR) is 81.6 cm³/mol. The maximum Gasteiger partial charge on any atom is 0.224 e. The zero-order valence-electron chi connectivity index (χ0n) is 12.4. The lowest BCUT2D eigenvalue weighted by Crippen LogP contribution is -2.44. The van der Waals surface area contributed by atoms with Gasteiger partial charge in [0.05, 0.1) is 42.7 Å². The molecule has 1 aliphatic rings. The number of rotatable bonds is 2. The Morgan fingerprint density at radius 2 is 2.19 bits per heavy atom. The summed E-state index contributed by atoms with van der Waals surface area (Å²) in [6.07, 6.45) is 1.78. The van der Waals surface area contributed by atoms with Gasteiger partial charge >= 0.3 is 0 Å². The molecule has 0 saturated carbocycles. The van der Waals surface area contributed by atoms with Gasteiger partial charge < -0.3 is 14.2 Å². The average Bonchev–Trinajstić information content (AvgIpc) is 2.78. The molecule has 21 heavy (non-hydrogen) atoms. The number of imidazole rings is 1. The molecule has 0 bridgehead atoms. The van der Waals surface area contributed by atoms with Crippen molar-refractivity contribution in [3.63, 3.8) is 0 Å². The number of morpholine rings is 1. The molecule has 1 aliphatic heterocycles. The molecule has 1 atom stereocenters. The molecule has 0 N–H and O–H groups in total. The molecule has 3 heterocycles. The van der Waals surface area contributed by atoms with Crippen LogP contribution in [0, 0.1) is 6.92 Å². The molecular formula is C14H18ClN5O. The Hall–Kier alpha value is -1.66. The Labute approximate surface area is 128 Å². The van der Waals surface area contributed by atoms with Crippen LogP contribution in [-0.4, -0.2) is 45.3 Å². The number of nitrogens with zero attached hydrogens (tertiary/aromatic N) is 5. The maximum atomic E-state index is 6.13. The summed E-state index contributed by atoms with van der Waals surface area (Å²) in [5.74, 6) is 0.835. The van der Waals surface area contributed by atoms with E-state index in [-0.39, 0.29) is 11.3 Å². The molecule has 3 rings (SSSR count). The van der Waals surface area contributed by atoms with Crippen LogP contribution >= 0.6 is 11.6 Å². The second-order valence-corrected chi connectivity index (χ2v) is 5.63. The van der Waals surface area contributed by atoms with Crippen molar-refractivity contribution in [2.75, 3.05) is 24.7 Å². The van der Waals surface area contributed by atoms with E-state index in [1.54, 1.807) is 6.33 Å². The first-order valence-electron chi connectivity index (χ1n) is 6.93. The third-order valence-electron chi connectivity index (χ3n) is 3.71. The van der Waals surface area contributed by atoms with Crippen LogP contribution in [0.4, 0.5) is 5.82 Å². The van der Waals surface area contributed by atoms with Crippen molar-refractivity contribution in [3.8, 4) is 11.4 Å². The monoisotopic (exact) mass is 307 g/mol. The van der Waals surface area contributed by atoms with Crippen molar-refractivity contribution in [3.05, 3.63) is 23.4 Å². The quantitative estimate of drug-likeness (QED) is 0.795. The van der Waals surface area contributed by atoms with Crippen molar-refractivity contribution >= 4 is 17.4 Å². The number of hydrogen-bond acceptors (Lipinski definition) is 5. The topological polar surface area (TPSA) is 56.1 Å². The minimum atomic E-state index is 0.252. The molecule has 0 radical (unpaired) electrons. The molecule has 0 spiro atoms. The second-order valence-electron chi connectivity index (χ2n) is 5.29. The van der Waals surface area contributed by atoms with Gasteiger partial charge in [-0.1, -0.05) is 0 Å². The molecular weight excluding hydrogens is 290 g/mol. The minimum Gasteiger partial charge on any atom is -0.377 e. The van der Waals surface area contributed by atoms with Gasteiger partial charge in [-0.2, -0.15) is 0 Å². The zero-order chi connectivity index (χ0) is 15.0. The second kappa shape index (κ2) is 5.61. The summed E-state index contributed by atoms with van der Waals surface area (Å²) in [5, 5.41) is 0.252. The third kappa shape index (κ3) is 2.73. The van der Waals surface area contributed by atoms with Crippen LogP contribution in [0.3, 0.4) is 0 Å². The van der Waals surface area contributed by atoms with Gasteiger partial charge in [-0.25, -0.2) is 15.0 Å². The van der Waals surface area contributed by atoms with Gasteiger partial charge in [-0.3, -0.25) is 0 Å². The molecule has 112 valence electrons. The van der Waals surface area contributed by atoms with Gasteiger partial charge in [0, 0.05) is 19.7 Å². The molecule has 1 fully saturated rings. The van der Waals surface area contributed by atoms with Crippen LogP contribution in [0.15, 0.2) is 12.4 Å². The molecule has 7 heteroatoms. The van der Waals surface area contributed by atoms with Crippen LogP contribution < -0.4 is 4.90 Å². The highest BCUT2D eigenvalue weighted by atomic mass is 35.5. The smallest absolute Gasteiger partial charge is 0.224 e. The van der Waals surface area contributed by atoms with E-state index in [1.165, 1.54) is 0 Å². The Morgan fingerprint density at radius 3 is 2.86 bits per heavy atom. The minimum absolute atomic E-state index is 0.252. The van der Waals surface area contributed by atoms with E-state index in [0.717, 1.165) is 29.4 Å². The SMILES string of the molecule is Cc1ncn(C)c1-c1cc(N2CCOC[C@H]2C)nc(Cl)n1. The largest absolute Gasteiger partial charge is 0.377 e. The third-order valence-corrected chi connectivity index (χ3v) is 3.88. The first kappa shape index (κ1) is 14.3. The summed E-state index contributed by atoms with van der Waals surface area (Å²) in [7, 11) is 1.95. The zero-order valence-corrected chi connectivity index (χ0v) is 13.1. The number of hydrogen-bond donors (Lipinski definition) is 0. The fraction of sp³-hybridized carbons (Fsp3) is 0.500. The maximum absolute atomic E-state index is 6.13. The number of anilines is 1. The lowest BCUT2D eigenvalue weighted by atomic mass is 10.2. The van der Waals surface area contributed by atoms with Crippen LogP contribution in [0.2, 0.25) is 5.28 Å². The summed E-state index contributed by atoms with van der Waals surface area (Å²) in [6.45, 7) is 6.28. The summed E-state index contributed by atoms with van der Waals surface area (Å²) < 4.78 is 7.42. The Bertz CT molecular complexity index is 637. The van der Waals surface area contributed by atoms with Gasteiger partial charge in [0.25, 0.3) is 0 Å². The van der Waals surface area contributed by atoms with Crippen molar-refractivity contribution in [2.45, 2.75) is 19.9 Å². The predicted octanol–water partition coefficient (Wildman–Crippen LogP) is 2.06. The Balaban J connectivity index is 2.04. The summed E-state index contributed by atoms with van der Waals surface area (Å²) in [6, 6.07) is 2.24. The summed E-state index contributed by atoms with van der Waals surface area (Å²) in [4.78, 5) is 15.2. The van der Waals surface area contributed by atoms with Gasteiger partial charge in [0.15, 0.2) is 0 Å². The number of halogens is 1. The highest BCUT2D eigenvalue weighted by Gasteiger charge is 2.22. The molecule has 2 aromatic heterocycles. The highest BCUT2D eigenvalue weighted by molar-refractivity contribution is 6.28. The van der Waals surface area contributed by atoms with Crippen molar-refractivity contribution in [2.24, 2.45) is 7.05 Å². The molecule has 1 saturated heterocycles. The van der Waals surface area contributed by atoms with E-state index >= 15 is 0 Å². The van der Waals surface area contributed by atoms with E-state index in [9.17, 15) is 0 Å². The van der Waals surface area contributed by atoms with E-state index in [2.05, 4.69) is 26.8 Å². The van der Waals surface area contributed by atoms with Crippen LogP contribution in [0.25, 0.3) is 11.4 Å². The van der Waals surface area contributed by atoms with Crippen molar-refractivity contribution in [1.82, 2.24) is 19.5 Å².